The summed E-state index contributed by atoms with van der Waals surface area (Å²) in [4.78, 5) is 16.4. The second-order valence-electron chi connectivity index (χ2n) is 5.05. The van der Waals surface area contributed by atoms with Crippen LogP contribution in [0.2, 0.25) is 0 Å². The number of benzene rings is 1. The van der Waals surface area contributed by atoms with Gasteiger partial charge in [0, 0.05) is 37.8 Å². The summed E-state index contributed by atoms with van der Waals surface area (Å²) in [6.45, 7) is 7.47. The fourth-order valence-corrected chi connectivity index (χ4v) is 2.50. The summed E-state index contributed by atoms with van der Waals surface area (Å²) in [5, 5.41) is 0. The van der Waals surface area contributed by atoms with Crippen LogP contribution in [0.4, 0.5) is 4.39 Å². The maximum atomic E-state index is 13.4. The molecule has 0 bridgehead atoms. The average Bonchev–Trinajstić information content (AvgIpc) is 2.41. The third-order valence-electron chi connectivity index (χ3n) is 3.50. The summed E-state index contributed by atoms with van der Waals surface area (Å²) in [7, 11) is 0. The monoisotopic (exact) mass is 328 g/mol. The fourth-order valence-electron chi connectivity index (χ4n) is 2.25. The molecular formula is C14H18BrFN2O. The van der Waals surface area contributed by atoms with Crippen molar-refractivity contribution in [3.63, 3.8) is 0 Å². The molecule has 1 saturated heterocycles. The molecule has 0 aromatic heterocycles. The zero-order valence-electron chi connectivity index (χ0n) is 11.2. The molecule has 0 aliphatic carbocycles. The smallest absolute Gasteiger partial charge is 0.254 e. The highest BCUT2D eigenvalue weighted by Gasteiger charge is 2.23. The Hall–Kier alpha value is -0.940. The molecule has 1 amide bonds. The van der Waals surface area contributed by atoms with Gasteiger partial charge < -0.3 is 4.90 Å². The second kappa shape index (κ2) is 6.01. The van der Waals surface area contributed by atoms with Crippen molar-refractivity contribution in [2.75, 3.05) is 26.2 Å². The largest absolute Gasteiger partial charge is 0.336 e. The van der Waals surface area contributed by atoms with Gasteiger partial charge in [0.25, 0.3) is 5.91 Å². The normalized spacial score (nSPS) is 17.0. The van der Waals surface area contributed by atoms with E-state index in [0.29, 0.717) is 29.2 Å². The van der Waals surface area contributed by atoms with Crippen molar-refractivity contribution in [2.45, 2.75) is 19.9 Å². The van der Waals surface area contributed by atoms with Gasteiger partial charge in [-0.3, -0.25) is 9.69 Å². The maximum absolute atomic E-state index is 13.4. The molecule has 0 unspecified atom stereocenters. The van der Waals surface area contributed by atoms with Crippen LogP contribution in [0.3, 0.4) is 0 Å². The molecule has 1 heterocycles. The zero-order valence-corrected chi connectivity index (χ0v) is 12.8. The second-order valence-corrected chi connectivity index (χ2v) is 5.91. The van der Waals surface area contributed by atoms with Crippen molar-refractivity contribution in [1.82, 2.24) is 9.80 Å². The first kappa shape index (κ1) is 14.5. The van der Waals surface area contributed by atoms with Crippen molar-refractivity contribution in [2.24, 2.45) is 0 Å². The molecule has 3 nitrogen and oxygen atoms in total. The molecule has 1 aliphatic heterocycles. The number of amides is 1. The average molecular weight is 329 g/mol. The summed E-state index contributed by atoms with van der Waals surface area (Å²) >= 11 is 3.09. The Bertz CT molecular complexity index is 471. The standard InChI is InChI=1S/C14H18BrFN2O/c1-10(2)17-5-7-18(8-6-17)14(19)11-3-4-12(15)13(16)9-11/h3-4,9-10H,5-8H2,1-2H3. The predicted molar refractivity (Wildman–Crippen MR) is 76.7 cm³/mol. The van der Waals surface area contributed by atoms with Gasteiger partial charge in [-0.15, -0.1) is 0 Å². The SMILES string of the molecule is CC(C)N1CCN(C(=O)c2ccc(Br)c(F)c2)CC1. The van der Waals surface area contributed by atoms with E-state index in [1.807, 2.05) is 0 Å². The molecular weight excluding hydrogens is 311 g/mol. The lowest BCUT2D eigenvalue weighted by atomic mass is 10.1. The topological polar surface area (TPSA) is 23.6 Å². The summed E-state index contributed by atoms with van der Waals surface area (Å²) in [6, 6.07) is 5.03. The van der Waals surface area contributed by atoms with E-state index in [2.05, 4.69) is 34.7 Å². The van der Waals surface area contributed by atoms with Gasteiger partial charge in [0.2, 0.25) is 0 Å². The van der Waals surface area contributed by atoms with E-state index >= 15 is 0 Å². The number of hydrogen-bond acceptors (Lipinski definition) is 2. The fraction of sp³-hybridized carbons (Fsp3) is 0.500. The highest BCUT2D eigenvalue weighted by molar-refractivity contribution is 9.10. The van der Waals surface area contributed by atoms with Crippen LogP contribution >= 0.6 is 15.9 Å². The number of hydrogen-bond donors (Lipinski definition) is 0. The summed E-state index contributed by atoms with van der Waals surface area (Å²) in [6.07, 6.45) is 0. The van der Waals surface area contributed by atoms with Crippen LogP contribution in [-0.4, -0.2) is 47.9 Å². The molecule has 19 heavy (non-hydrogen) atoms. The Morgan fingerprint density at radius 2 is 1.89 bits per heavy atom. The van der Waals surface area contributed by atoms with Gasteiger partial charge in [0.05, 0.1) is 4.47 Å². The van der Waals surface area contributed by atoms with E-state index in [0.717, 1.165) is 13.1 Å². The zero-order chi connectivity index (χ0) is 14.0. The Kier molecular flexibility index (Phi) is 4.58. The van der Waals surface area contributed by atoms with Crippen molar-refractivity contribution >= 4 is 21.8 Å². The van der Waals surface area contributed by atoms with E-state index in [9.17, 15) is 9.18 Å². The van der Waals surface area contributed by atoms with E-state index < -0.39 is 5.82 Å². The molecule has 1 aromatic carbocycles. The molecule has 104 valence electrons. The lowest BCUT2D eigenvalue weighted by Gasteiger charge is -2.37. The molecule has 0 atom stereocenters. The van der Waals surface area contributed by atoms with Crippen LogP contribution in [0.5, 0.6) is 0 Å². The summed E-state index contributed by atoms with van der Waals surface area (Å²) in [5.41, 5.74) is 0.415. The number of carbonyl (C=O) groups excluding carboxylic acids is 1. The number of rotatable bonds is 2. The first-order valence-corrected chi connectivity index (χ1v) is 7.26. The highest BCUT2D eigenvalue weighted by atomic mass is 79.9. The van der Waals surface area contributed by atoms with Crippen molar-refractivity contribution < 1.29 is 9.18 Å². The van der Waals surface area contributed by atoms with Crippen molar-refractivity contribution in [3.05, 3.63) is 34.1 Å². The molecule has 0 N–H and O–H groups in total. The highest BCUT2D eigenvalue weighted by Crippen LogP contribution is 2.18. The third-order valence-corrected chi connectivity index (χ3v) is 4.14. The first-order chi connectivity index (χ1) is 8.99. The van der Waals surface area contributed by atoms with E-state index in [1.165, 1.54) is 6.07 Å². The van der Waals surface area contributed by atoms with Crippen LogP contribution in [-0.2, 0) is 0 Å². The molecule has 1 aliphatic rings. The minimum absolute atomic E-state index is 0.0881. The molecule has 1 fully saturated rings. The molecule has 0 radical (unpaired) electrons. The number of piperazine rings is 1. The van der Waals surface area contributed by atoms with Crippen LogP contribution in [0.25, 0.3) is 0 Å². The number of halogens is 2. The van der Waals surface area contributed by atoms with Gasteiger partial charge in [-0.05, 0) is 48.0 Å². The van der Waals surface area contributed by atoms with Crippen LogP contribution < -0.4 is 0 Å². The van der Waals surface area contributed by atoms with E-state index in [4.69, 9.17) is 0 Å². The minimum atomic E-state index is -0.397. The van der Waals surface area contributed by atoms with E-state index in [1.54, 1.807) is 17.0 Å². The Balaban J connectivity index is 2.03. The van der Waals surface area contributed by atoms with Crippen molar-refractivity contribution in [3.8, 4) is 0 Å². The number of carbonyl (C=O) groups is 1. The summed E-state index contributed by atoms with van der Waals surface area (Å²) in [5.74, 6) is -0.485. The van der Waals surface area contributed by atoms with Crippen LogP contribution in [0.15, 0.2) is 22.7 Å². The first-order valence-electron chi connectivity index (χ1n) is 6.47. The molecule has 0 spiro atoms. The lowest BCUT2D eigenvalue weighted by molar-refractivity contribution is 0.0595. The van der Waals surface area contributed by atoms with Gasteiger partial charge in [0.15, 0.2) is 0 Å². The summed E-state index contributed by atoms with van der Waals surface area (Å²) < 4.78 is 13.8. The molecule has 2 rings (SSSR count). The maximum Gasteiger partial charge on any atom is 0.254 e. The van der Waals surface area contributed by atoms with Gasteiger partial charge in [-0.25, -0.2) is 4.39 Å². The number of nitrogens with zero attached hydrogens (tertiary/aromatic N) is 2. The van der Waals surface area contributed by atoms with Crippen molar-refractivity contribution in [1.29, 1.82) is 0 Å². The third kappa shape index (κ3) is 3.34. The Morgan fingerprint density at radius 3 is 2.42 bits per heavy atom. The molecule has 1 aromatic rings. The Morgan fingerprint density at radius 1 is 1.26 bits per heavy atom. The van der Waals surface area contributed by atoms with Gasteiger partial charge in [-0.2, -0.15) is 0 Å². The van der Waals surface area contributed by atoms with Gasteiger partial charge >= 0.3 is 0 Å². The predicted octanol–water partition coefficient (Wildman–Crippen LogP) is 2.75. The van der Waals surface area contributed by atoms with Gasteiger partial charge in [0.1, 0.15) is 5.82 Å². The quantitative estimate of drug-likeness (QED) is 0.833. The Labute approximate surface area is 121 Å². The van der Waals surface area contributed by atoms with Crippen LogP contribution in [0.1, 0.15) is 24.2 Å². The van der Waals surface area contributed by atoms with E-state index in [-0.39, 0.29) is 5.91 Å². The van der Waals surface area contributed by atoms with Crippen LogP contribution in [0, 0.1) is 5.82 Å². The molecule has 5 heteroatoms. The lowest BCUT2D eigenvalue weighted by Crippen LogP contribution is -2.50. The molecule has 0 saturated carbocycles. The minimum Gasteiger partial charge on any atom is -0.336 e. The van der Waals surface area contributed by atoms with Gasteiger partial charge in [-0.1, -0.05) is 0 Å².